The first-order chi connectivity index (χ1) is 6.86. The average Bonchev–Trinajstić information content (AvgIpc) is 2.19. The molecule has 0 bridgehead atoms. The van der Waals surface area contributed by atoms with E-state index < -0.39 is 29.1 Å². The molecule has 0 aliphatic carbocycles. The number of hydrogen-bond acceptors (Lipinski definition) is 2. The lowest BCUT2D eigenvalue weighted by Crippen LogP contribution is -2.11. The van der Waals surface area contributed by atoms with Crippen molar-refractivity contribution in [3.05, 3.63) is 28.8 Å². The van der Waals surface area contributed by atoms with Gasteiger partial charge in [-0.3, -0.25) is 4.79 Å². The topological polar surface area (TPSA) is 37.3 Å². The summed E-state index contributed by atoms with van der Waals surface area (Å²) in [5, 5.41) is 9.11. The number of rotatable bonds is 2. The van der Waals surface area contributed by atoms with Crippen molar-refractivity contribution in [1.29, 1.82) is 0 Å². The second-order valence-electron chi connectivity index (χ2n) is 3.71. The summed E-state index contributed by atoms with van der Waals surface area (Å²) in [5.41, 5.74) is -0.545. The predicted molar refractivity (Wildman–Crippen MR) is 51.9 cm³/mol. The van der Waals surface area contributed by atoms with Crippen LogP contribution in [-0.2, 0) is 0 Å². The Labute approximate surface area is 86.5 Å². The molecule has 0 saturated carbocycles. The van der Waals surface area contributed by atoms with Gasteiger partial charge in [-0.1, -0.05) is 13.8 Å². The van der Waals surface area contributed by atoms with Crippen LogP contribution in [0.5, 0.6) is 5.75 Å². The van der Waals surface area contributed by atoms with Gasteiger partial charge in [-0.25, -0.2) is 8.78 Å². The maximum absolute atomic E-state index is 13.5. The molecular weight excluding hydrogens is 202 g/mol. The van der Waals surface area contributed by atoms with Crippen molar-refractivity contribution in [2.45, 2.75) is 20.8 Å². The SMILES string of the molecule is Cc1c(O)c(F)cc(C(=O)C(C)C)c1F. The number of Topliss-reactive ketones (excluding diaryl/α,β-unsaturated/α-hetero) is 1. The molecular formula is C11H12F2O2. The van der Waals surface area contributed by atoms with Gasteiger partial charge in [-0.15, -0.1) is 0 Å². The van der Waals surface area contributed by atoms with Gasteiger partial charge in [-0.2, -0.15) is 0 Å². The van der Waals surface area contributed by atoms with Crippen molar-refractivity contribution < 1.29 is 18.7 Å². The number of hydrogen-bond donors (Lipinski definition) is 1. The summed E-state index contributed by atoms with van der Waals surface area (Å²) in [5.74, 6) is -3.46. The lowest BCUT2D eigenvalue weighted by atomic mass is 9.98. The minimum absolute atomic E-state index is 0.237. The van der Waals surface area contributed by atoms with E-state index in [2.05, 4.69) is 0 Å². The van der Waals surface area contributed by atoms with Gasteiger partial charge in [0.2, 0.25) is 0 Å². The molecule has 0 saturated heterocycles. The Kier molecular flexibility index (Phi) is 3.07. The molecule has 0 radical (unpaired) electrons. The van der Waals surface area contributed by atoms with Crippen LogP contribution in [0.2, 0.25) is 0 Å². The Balaban J connectivity index is 3.39. The van der Waals surface area contributed by atoms with Gasteiger partial charge in [0.1, 0.15) is 5.82 Å². The fourth-order valence-electron chi connectivity index (χ4n) is 1.23. The lowest BCUT2D eigenvalue weighted by molar-refractivity contribution is 0.0934. The average molecular weight is 214 g/mol. The highest BCUT2D eigenvalue weighted by Crippen LogP contribution is 2.27. The van der Waals surface area contributed by atoms with E-state index >= 15 is 0 Å². The normalized spacial score (nSPS) is 10.8. The summed E-state index contributed by atoms with van der Waals surface area (Å²) < 4.78 is 26.6. The molecule has 0 aliphatic rings. The zero-order valence-electron chi connectivity index (χ0n) is 8.77. The van der Waals surface area contributed by atoms with Crippen LogP contribution in [-0.4, -0.2) is 10.9 Å². The third kappa shape index (κ3) is 1.98. The van der Waals surface area contributed by atoms with Gasteiger partial charge in [0, 0.05) is 11.5 Å². The number of benzene rings is 1. The van der Waals surface area contributed by atoms with Crippen LogP contribution in [0.1, 0.15) is 29.8 Å². The van der Waals surface area contributed by atoms with Crippen molar-refractivity contribution in [2.75, 3.05) is 0 Å². The molecule has 2 nitrogen and oxygen atoms in total. The predicted octanol–water partition coefficient (Wildman–Crippen LogP) is 2.82. The highest BCUT2D eigenvalue weighted by Gasteiger charge is 2.21. The van der Waals surface area contributed by atoms with E-state index in [1.165, 1.54) is 6.92 Å². The molecule has 1 aromatic rings. The Morgan fingerprint density at radius 2 is 1.93 bits per heavy atom. The molecule has 0 unspecified atom stereocenters. The van der Waals surface area contributed by atoms with Gasteiger partial charge >= 0.3 is 0 Å². The van der Waals surface area contributed by atoms with Crippen LogP contribution in [0.3, 0.4) is 0 Å². The Bertz CT molecular complexity index is 412. The van der Waals surface area contributed by atoms with Crippen molar-refractivity contribution in [2.24, 2.45) is 5.92 Å². The van der Waals surface area contributed by atoms with E-state index in [-0.39, 0.29) is 11.1 Å². The van der Waals surface area contributed by atoms with E-state index in [4.69, 9.17) is 5.11 Å². The van der Waals surface area contributed by atoms with E-state index in [0.29, 0.717) is 0 Å². The zero-order valence-corrected chi connectivity index (χ0v) is 8.77. The molecule has 1 rings (SSSR count). The Hall–Kier alpha value is -1.45. The van der Waals surface area contributed by atoms with Crippen LogP contribution in [0.4, 0.5) is 8.78 Å². The third-order valence-electron chi connectivity index (χ3n) is 2.21. The minimum Gasteiger partial charge on any atom is -0.505 e. The lowest BCUT2D eigenvalue weighted by Gasteiger charge is -2.09. The summed E-state index contributed by atoms with van der Waals surface area (Å²) in [6.07, 6.45) is 0. The first kappa shape index (κ1) is 11.6. The molecule has 1 aromatic carbocycles. The molecule has 0 aromatic heterocycles. The quantitative estimate of drug-likeness (QED) is 0.768. The van der Waals surface area contributed by atoms with E-state index in [1.807, 2.05) is 0 Å². The maximum Gasteiger partial charge on any atom is 0.168 e. The smallest absolute Gasteiger partial charge is 0.168 e. The Morgan fingerprint density at radius 3 is 2.40 bits per heavy atom. The van der Waals surface area contributed by atoms with E-state index in [0.717, 1.165) is 6.07 Å². The first-order valence-corrected chi connectivity index (χ1v) is 4.58. The highest BCUT2D eigenvalue weighted by molar-refractivity contribution is 5.98. The van der Waals surface area contributed by atoms with Crippen molar-refractivity contribution in [1.82, 2.24) is 0 Å². The number of carbonyl (C=O) groups excluding carboxylic acids is 1. The fraction of sp³-hybridized carbons (Fsp3) is 0.364. The largest absolute Gasteiger partial charge is 0.505 e. The van der Waals surface area contributed by atoms with Gasteiger partial charge in [-0.05, 0) is 13.0 Å². The number of aromatic hydroxyl groups is 1. The first-order valence-electron chi connectivity index (χ1n) is 4.58. The van der Waals surface area contributed by atoms with E-state index in [1.54, 1.807) is 13.8 Å². The number of ketones is 1. The van der Waals surface area contributed by atoms with Gasteiger partial charge in [0.25, 0.3) is 0 Å². The summed E-state index contributed by atoms with van der Waals surface area (Å²) in [4.78, 5) is 11.5. The van der Waals surface area contributed by atoms with E-state index in [9.17, 15) is 13.6 Å². The van der Waals surface area contributed by atoms with Crippen molar-refractivity contribution in [3.8, 4) is 5.75 Å². The summed E-state index contributed by atoms with van der Waals surface area (Å²) in [7, 11) is 0. The molecule has 0 fully saturated rings. The van der Waals surface area contributed by atoms with Crippen LogP contribution in [0.15, 0.2) is 6.07 Å². The maximum atomic E-state index is 13.5. The second kappa shape index (κ2) is 3.96. The molecule has 0 heterocycles. The molecule has 15 heavy (non-hydrogen) atoms. The molecule has 82 valence electrons. The third-order valence-corrected chi connectivity index (χ3v) is 2.21. The van der Waals surface area contributed by atoms with Crippen molar-refractivity contribution in [3.63, 3.8) is 0 Å². The van der Waals surface area contributed by atoms with Crippen LogP contribution in [0.25, 0.3) is 0 Å². The molecule has 4 heteroatoms. The molecule has 1 N–H and O–H groups in total. The fourth-order valence-corrected chi connectivity index (χ4v) is 1.23. The van der Waals surface area contributed by atoms with Gasteiger partial charge in [0.05, 0.1) is 5.56 Å². The number of phenolic OH excluding ortho intramolecular Hbond substituents is 1. The van der Waals surface area contributed by atoms with Crippen LogP contribution < -0.4 is 0 Å². The van der Waals surface area contributed by atoms with Crippen molar-refractivity contribution >= 4 is 5.78 Å². The van der Waals surface area contributed by atoms with Gasteiger partial charge in [0.15, 0.2) is 17.3 Å². The second-order valence-corrected chi connectivity index (χ2v) is 3.71. The summed E-state index contributed by atoms with van der Waals surface area (Å²) in [6, 6.07) is 0.736. The zero-order chi connectivity index (χ0) is 11.7. The number of carbonyl (C=O) groups is 1. The molecule has 0 atom stereocenters. The van der Waals surface area contributed by atoms with Gasteiger partial charge < -0.3 is 5.11 Å². The summed E-state index contributed by atoms with van der Waals surface area (Å²) in [6.45, 7) is 4.43. The minimum atomic E-state index is -0.974. The number of phenols is 1. The molecule has 0 spiro atoms. The molecule has 0 aliphatic heterocycles. The molecule has 0 amide bonds. The number of halogens is 2. The van der Waals surface area contributed by atoms with Crippen LogP contribution in [0, 0.1) is 24.5 Å². The highest BCUT2D eigenvalue weighted by atomic mass is 19.1. The monoisotopic (exact) mass is 214 g/mol. The summed E-state index contributed by atoms with van der Waals surface area (Å²) >= 11 is 0. The Morgan fingerprint density at radius 1 is 1.40 bits per heavy atom. The standard InChI is InChI=1S/C11H12F2O2/c1-5(2)10(14)7-4-8(12)11(15)6(3)9(7)13/h4-5,15H,1-3H3. The van der Waals surface area contributed by atoms with Crippen LogP contribution >= 0.6 is 0 Å².